The summed E-state index contributed by atoms with van der Waals surface area (Å²) in [6, 6.07) is 0. The number of hydrogen-bond acceptors (Lipinski definition) is 2. The Labute approximate surface area is 99.2 Å². The number of fused-ring (bicyclic) bond motifs is 1. The summed E-state index contributed by atoms with van der Waals surface area (Å²) in [5, 5.41) is 0. The van der Waals surface area contributed by atoms with Crippen molar-refractivity contribution in [1.82, 2.24) is 0 Å². The first-order valence-electron chi connectivity index (χ1n) is 7.12. The minimum absolute atomic E-state index is 0.0243. The summed E-state index contributed by atoms with van der Waals surface area (Å²) >= 11 is 0. The molecule has 0 amide bonds. The molecular weight excluding hydrogens is 199 g/mol. The van der Waals surface area contributed by atoms with Crippen molar-refractivity contribution in [3.05, 3.63) is 0 Å². The third kappa shape index (κ3) is 1.55. The van der Waals surface area contributed by atoms with E-state index in [4.69, 9.17) is 9.31 Å². The summed E-state index contributed by atoms with van der Waals surface area (Å²) in [7, 11) is 0.0243. The van der Waals surface area contributed by atoms with Crippen LogP contribution >= 0.6 is 0 Å². The topological polar surface area (TPSA) is 18.5 Å². The smallest absolute Gasteiger partial charge is 0.403 e. The minimum atomic E-state index is 0.0243. The van der Waals surface area contributed by atoms with Crippen LogP contribution in [0.2, 0.25) is 6.82 Å². The summed E-state index contributed by atoms with van der Waals surface area (Å²) in [6.07, 6.45) is 13.0. The monoisotopic (exact) mass is 222 g/mol. The maximum atomic E-state index is 6.26. The van der Waals surface area contributed by atoms with Crippen LogP contribution in [0, 0.1) is 0 Å². The molecule has 0 radical (unpaired) electrons. The van der Waals surface area contributed by atoms with E-state index in [1.54, 1.807) is 0 Å². The van der Waals surface area contributed by atoms with Crippen LogP contribution in [-0.4, -0.2) is 18.3 Å². The lowest BCUT2D eigenvalue weighted by Crippen LogP contribution is -2.53. The van der Waals surface area contributed by atoms with Gasteiger partial charge in [0.05, 0.1) is 11.2 Å². The van der Waals surface area contributed by atoms with Crippen molar-refractivity contribution in [1.29, 1.82) is 0 Å². The second-order valence-electron chi connectivity index (χ2n) is 5.91. The van der Waals surface area contributed by atoms with Gasteiger partial charge in [-0.3, -0.25) is 0 Å². The second kappa shape index (κ2) is 4.02. The Hall–Kier alpha value is -0.0151. The Balaban J connectivity index is 1.88. The van der Waals surface area contributed by atoms with E-state index in [9.17, 15) is 0 Å². The van der Waals surface area contributed by atoms with Crippen LogP contribution in [-0.2, 0) is 9.31 Å². The van der Waals surface area contributed by atoms with Crippen molar-refractivity contribution < 1.29 is 9.31 Å². The molecule has 2 spiro atoms. The molecule has 0 N–H and O–H groups in total. The SMILES string of the molecule is CB1OC2(CCCCC2)C2(CCCCC2)O1. The fourth-order valence-electron chi connectivity index (χ4n) is 4.27. The lowest BCUT2D eigenvalue weighted by molar-refractivity contribution is -0.0923. The van der Waals surface area contributed by atoms with E-state index >= 15 is 0 Å². The first-order chi connectivity index (χ1) is 7.77. The third-order valence-electron chi connectivity index (χ3n) is 4.94. The average molecular weight is 222 g/mol. The summed E-state index contributed by atoms with van der Waals surface area (Å²) in [4.78, 5) is 0. The van der Waals surface area contributed by atoms with Crippen molar-refractivity contribution in [2.24, 2.45) is 0 Å². The molecule has 2 saturated carbocycles. The van der Waals surface area contributed by atoms with Gasteiger partial charge in [0, 0.05) is 0 Å². The van der Waals surface area contributed by atoms with E-state index in [-0.39, 0.29) is 18.3 Å². The standard InChI is InChI=1S/C13H23BO2/c1-14-15-12(8-4-2-5-9-12)13(16-14)10-6-3-7-11-13/h2-11H2,1H3. The van der Waals surface area contributed by atoms with Crippen molar-refractivity contribution >= 4 is 7.12 Å². The largest absolute Gasteiger partial charge is 0.454 e. The summed E-state index contributed by atoms with van der Waals surface area (Å²) in [6.45, 7) is 2.08. The normalized spacial score (nSPS) is 32.4. The zero-order valence-corrected chi connectivity index (χ0v) is 10.5. The van der Waals surface area contributed by atoms with Gasteiger partial charge in [-0.1, -0.05) is 38.5 Å². The van der Waals surface area contributed by atoms with Crippen molar-refractivity contribution in [2.75, 3.05) is 0 Å². The fourth-order valence-corrected chi connectivity index (χ4v) is 4.27. The van der Waals surface area contributed by atoms with E-state index in [1.807, 2.05) is 0 Å². The van der Waals surface area contributed by atoms with Gasteiger partial charge >= 0.3 is 7.12 Å². The van der Waals surface area contributed by atoms with E-state index in [0.29, 0.717) is 0 Å². The predicted octanol–water partition coefficient (Wildman–Crippen LogP) is 3.56. The highest BCUT2D eigenvalue weighted by Crippen LogP contribution is 2.53. The van der Waals surface area contributed by atoms with Gasteiger partial charge in [-0.2, -0.15) is 0 Å². The number of rotatable bonds is 0. The van der Waals surface area contributed by atoms with Crippen LogP contribution < -0.4 is 0 Å². The van der Waals surface area contributed by atoms with Crippen LogP contribution in [0.3, 0.4) is 0 Å². The molecule has 1 aliphatic heterocycles. The van der Waals surface area contributed by atoms with Crippen LogP contribution in [0.5, 0.6) is 0 Å². The highest BCUT2D eigenvalue weighted by atomic mass is 16.7. The molecule has 1 saturated heterocycles. The Kier molecular flexibility index (Phi) is 2.79. The Morgan fingerprint density at radius 2 is 1.06 bits per heavy atom. The molecular formula is C13H23BO2. The van der Waals surface area contributed by atoms with Gasteiger partial charge in [-0.05, 0) is 32.5 Å². The number of hydrogen-bond donors (Lipinski definition) is 0. The Morgan fingerprint density at radius 3 is 1.44 bits per heavy atom. The molecule has 3 rings (SSSR count). The molecule has 0 bridgehead atoms. The van der Waals surface area contributed by atoms with Gasteiger partial charge < -0.3 is 9.31 Å². The maximum Gasteiger partial charge on any atom is 0.454 e. The fraction of sp³-hybridized carbons (Fsp3) is 1.00. The summed E-state index contributed by atoms with van der Waals surface area (Å²) in [5.41, 5.74) is 0.177. The van der Waals surface area contributed by atoms with E-state index in [2.05, 4.69) is 6.82 Å². The molecule has 0 aromatic heterocycles. The van der Waals surface area contributed by atoms with Crippen LogP contribution in [0.4, 0.5) is 0 Å². The molecule has 0 unspecified atom stereocenters. The highest BCUT2D eigenvalue weighted by Gasteiger charge is 2.59. The molecule has 0 aromatic rings. The van der Waals surface area contributed by atoms with Crippen molar-refractivity contribution in [2.45, 2.75) is 82.2 Å². The minimum Gasteiger partial charge on any atom is -0.403 e. The van der Waals surface area contributed by atoms with Crippen LogP contribution in [0.1, 0.15) is 64.2 Å². The van der Waals surface area contributed by atoms with E-state index in [1.165, 1.54) is 64.2 Å². The summed E-state index contributed by atoms with van der Waals surface area (Å²) in [5.74, 6) is 0. The Morgan fingerprint density at radius 1 is 0.688 bits per heavy atom. The van der Waals surface area contributed by atoms with Crippen molar-refractivity contribution in [3.8, 4) is 0 Å². The molecule has 1 heterocycles. The molecule has 0 aromatic carbocycles. The quantitative estimate of drug-likeness (QED) is 0.583. The zero-order valence-electron chi connectivity index (χ0n) is 10.5. The summed E-state index contributed by atoms with van der Waals surface area (Å²) < 4.78 is 12.5. The van der Waals surface area contributed by atoms with E-state index in [0.717, 1.165) is 0 Å². The molecule has 2 aliphatic carbocycles. The molecule has 90 valence electrons. The van der Waals surface area contributed by atoms with E-state index < -0.39 is 0 Å². The molecule has 16 heavy (non-hydrogen) atoms. The van der Waals surface area contributed by atoms with Gasteiger partial charge in [0.25, 0.3) is 0 Å². The first kappa shape index (κ1) is 11.1. The molecule has 2 nitrogen and oxygen atoms in total. The molecule has 3 aliphatic rings. The lowest BCUT2D eigenvalue weighted by Gasteiger charge is -2.48. The zero-order chi connectivity index (χ0) is 11.1. The van der Waals surface area contributed by atoms with Crippen LogP contribution in [0.15, 0.2) is 0 Å². The van der Waals surface area contributed by atoms with Crippen molar-refractivity contribution in [3.63, 3.8) is 0 Å². The van der Waals surface area contributed by atoms with Gasteiger partial charge in [0.2, 0.25) is 0 Å². The third-order valence-corrected chi connectivity index (χ3v) is 4.94. The predicted molar refractivity (Wildman–Crippen MR) is 65.4 cm³/mol. The van der Waals surface area contributed by atoms with Crippen LogP contribution in [0.25, 0.3) is 0 Å². The van der Waals surface area contributed by atoms with Gasteiger partial charge in [-0.25, -0.2) is 0 Å². The molecule has 0 atom stereocenters. The van der Waals surface area contributed by atoms with Gasteiger partial charge in [-0.15, -0.1) is 0 Å². The first-order valence-corrected chi connectivity index (χ1v) is 7.12. The van der Waals surface area contributed by atoms with Gasteiger partial charge in [0.1, 0.15) is 0 Å². The second-order valence-corrected chi connectivity index (χ2v) is 5.91. The Bertz CT molecular complexity index is 229. The maximum absolute atomic E-state index is 6.26. The average Bonchev–Trinajstić information content (AvgIpc) is 2.53. The molecule has 3 fully saturated rings. The van der Waals surface area contributed by atoms with Gasteiger partial charge in [0.15, 0.2) is 0 Å². The molecule has 3 heteroatoms. The highest BCUT2D eigenvalue weighted by molar-refractivity contribution is 6.43. The lowest BCUT2D eigenvalue weighted by atomic mass is 9.66.